The van der Waals surface area contributed by atoms with Crippen LogP contribution in [0.15, 0.2) is 12.2 Å². The normalized spacial score (nSPS) is 54.5. The smallest absolute Gasteiger partial charge is 0.314 e. The summed E-state index contributed by atoms with van der Waals surface area (Å²) in [6, 6.07) is 0. The minimum atomic E-state index is -1.99. The zero-order chi connectivity index (χ0) is 56.7. The maximum absolute atomic E-state index is 14.9. The van der Waals surface area contributed by atoms with Gasteiger partial charge >= 0.3 is 5.97 Å². The molecular formula is C50H80O28. The number of hydrogen-bond acceptors (Lipinski definition) is 28. The van der Waals surface area contributed by atoms with Crippen molar-refractivity contribution in [1.29, 1.82) is 0 Å². The standard InChI is InChI=1S/C50H80O28/c1-18-11-49-9-5-24-47(2,7-4-8-48(24,3)46(68)77-44-39(34(64)29(59)22(15-54)72-44)75-42-36(66)32(62)27(57)20(13-52)70-42)25(49)6-10-50(18,17-49)78-45-40(76-43-37(67)33(63)28(58)21(14-53)71-43)38(30(60)23(16-55)73-45)74-41-35(65)31(61)26(56)19(12-51)69-41/h19-45,51-67H,1,4-17H2,2-3H3/t19-,20-,21-,22-,23-,24-,25-,26-,27-,28-,29-,30-,31+,32+,33+,34+,35-,36-,37-,38+,39-,40-,41?,42?,43?,44?,45?,47+,48-,49+,50+/m1/s1. The van der Waals surface area contributed by atoms with Crippen LogP contribution >= 0.6 is 0 Å². The minimum absolute atomic E-state index is 0.0705. The van der Waals surface area contributed by atoms with Gasteiger partial charge in [-0.05, 0) is 86.5 Å². The van der Waals surface area contributed by atoms with Gasteiger partial charge in [0, 0.05) is 0 Å². The number of aliphatic hydroxyl groups excluding tert-OH is 17. The molecule has 0 radical (unpaired) electrons. The van der Waals surface area contributed by atoms with Gasteiger partial charge < -0.3 is 134 Å². The fourth-order valence-electron chi connectivity index (χ4n) is 15.0. The molecule has 0 aromatic carbocycles. The summed E-state index contributed by atoms with van der Waals surface area (Å²) in [6.07, 6.45) is -39.9. The molecule has 9 aliphatic rings. The lowest BCUT2D eigenvalue weighted by Crippen LogP contribution is -2.68. The van der Waals surface area contributed by atoms with Gasteiger partial charge in [0.1, 0.15) is 116 Å². The molecule has 5 saturated heterocycles. The van der Waals surface area contributed by atoms with Crippen molar-refractivity contribution in [1.82, 2.24) is 0 Å². The van der Waals surface area contributed by atoms with Crippen LogP contribution in [0, 0.1) is 28.1 Å². The second kappa shape index (κ2) is 23.3. The van der Waals surface area contributed by atoms with Crippen LogP contribution in [-0.4, -0.2) is 285 Å². The number of carbonyl (C=O) groups excluding carboxylic acids is 1. The van der Waals surface area contributed by atoms with Crippen LogP contribution in [0.5, 0.6) is 0 Å². The Morgan fingerprint density at radius 1 is 0.487 bits per heavy atom. The first-order valence-corrected chi connectivity index (χ1v) is 26.9. The Morgan fingerprint density at radius 3 is 1.41 bits per heavy atom. The van der Waals surface area contributed by atoms with Gasteiger partial charge in [0.05, 0.1) is 44.1 Å². The summed E-state index contributed by atoms with van der Waals surface area (Å²) in [7, 11) is 0. The van der Waals surface area contributed by atoms with Gasteiger partial charge in [0.15, 0.2) is 31.3 Å². The van der Waals surface area contributed by atoms with Gasteiger partial charge in [-0.1, -0.05) is 19.9 Å². The van der Waals surface area contributed by atoms with Crippen molar-refractivity contribution < 1.29 is 139 Å². The Hall–Kier alpha value is -1.83. The number of rotatable bonds is 15. The third-order valence-electron chi connectivity index (χ3n) is 19.2. The van der Waals surface area contributed by atoms with Crippen molar-refractivity contribution in [3.8, 4) is 0 Å². The van der Waals surface area contributed by atoms with E-state index in [1.54, 1.807) is 6.92 Å². The summed E-state index contributed by atoms with van der Waals surface area (Å²) in [6.45, 7) is 4.32. The van der Waals surface area contributed by atoms with E-state index in [1.807, 2.05) is 0 Å². The molecule has 17 N–H and O–H groups in total. The van der Waals surface area contributed by atoms with Crippen LogP contribution < -0.4 is 0 Å². The minimum Gasteiger partial charge on any atom is -0.432 e. The maximum atomic E-state index is 14.9. The molecule has 78 heavy (non-hydrogen) atoms. The predicted molar refractivity (Wildman–Crippen MR) is 252 cm³/mol. The van der Waals surface area contributed by atoms with Gasteiger partial charge in [0.25, 0.3) is 0 Å². The van der Waals surface area contributed by atoms with Crippen molar-refractivity contribution in [2.45, 2.75) is 231 Å². The van der Waals surface area contributed by atoms with Crippen LogP contribution in [-0.2, 0) is 52.2 Å². The monoisotopic (exact) mass is 1130 g/mol. The number of carbonyl (C=O) groups is 1. The molecule has 4 saturated carbocycles. The van der Waals surface area contributed by atoms with E-state index in [1.165, 1.54) is 0 Å². The number of ether oxygens (including phenoxy) is 10. The van der Waals surface area contributed by atoms with Crippen molar-refractivity contribution >= 4 is 5.97 Å². The average Bonchev–Trinajstić information content (AvgIpc) is 3.69. The lowest BCUT2D eigenvalue weighted by molar-refractivity contribution is -0.400. The second-order valence-electron chi connectivity index (χ2n) is 23.6. The summed E-state index contributed by atoms with van der Waals surface area (Å²) in [4.78, 5) is 14.9. The number of aliphatic hydroxyl groups is 17. The molecule has 5 aliphatic heterocycles. The van der Waals surface area contributed by atoms with Gasteiger partial charge in [-0.3, -0.25) is 4.79 Å². The highest BCUT2D eigenvalue weighted by molar-refractivity contribution is 5.77. The lowest BCUT2D eigenvalue weighted by atomic mass is 9.41. The van der Waals surface area contributed by atoms with E-state index in [4.69, 9.17) is 47.4 Å². The first kappa shape index (κ1) is 60.8. The summed E-state index contributed by atoms with van der Waals surface area (Å²) < 4.78 is 60.3. The molecule has 5 unspecified atom stereocenters. The summed E-state index contributed by atoms with van der Waals surface area (Å²) >= 11 is 0. The van der Waals surface area contributed by atoms with E-state index in [0.29, 0.717) is 63.4 Å². The SMILES string of the molecule is C=C1C[C@]23CC[C@@H]4[C@](C)(CCC[C@@]4(C)C(=O)OC4O[C@H](CO)[C@@H](O)[C@H](O)[C@H]4OC4O[C@H](CO)[C@@H](O)[C@H](O)[C@H]4O)[C@H]2CC[C@]1(OC1O[C@H](CO)[C@@H](O)[C@H](OC2O[C@H](CO)[C@@H](O)[C@H](O)[C@H]2O)[C@H]1OC1O[C@H](CO)[C@@H](O)[C@H](O)[C@H]1O)C3. The summed E-state index contributed by atoms with van der Waals surface area (Å²) in [5, 5.41) is 181. The highest BCUT2D eigenvalue weighted by atomic mass is 16.8. The molecule has 31 atom stereocenters. The third-order valence-corrected chi connectivity index (χ3v) is 19.2. The fraction of sp³-hybridized carbons (Fsp3) is 0.940. The Balaban J connectivity index is 0.968. The zero-order valence-corrected chi connectivity index (χ0v) is 43.3. The fourth-order valence-corrected chi connectivity index (χ4v) is 15.0. The third kappa shape index (κ3) is 10.3. The number of esters is 1. The van der Waals surface area contributed by atoms with Crippen LogP contribution in [0.3, 0.4) is 0 Å². The molecule has 28 heteroatoms. The molecule has 28 nitrogen and oxygen atoms in total. The van der Waals surface area contributed by atoms with Crippen LogP contribution in [0.4, 0.5) is 0 Å². The first-order valence-electron chi connectivity index (χ1n) is 26.9. The van der Waals surface area contributed by atoms with Gasteiger partial charge in [0.2, 0.25) is 6.29 Å². The Bertz CT molecular complexity index is 2070. The predicted octanol–water partition coefficient (Wildman–Crippen LogP) is -7.29. The lowest BCUT2D eigenvalue weighted by Gasteiger charge is -2.64. The molecule has 0 aromatic rings. The van der Waals surface area contributed by atoms with Crippen LogP contribution in [0.1, 0.15) is 71.6 Å². The van der Waals surface area contributed by atoms with Crippen LogP contribution in [0.25, 0.3) is 0 Å². The molecule has 0 amide bonds. The number of hydrogen-bond donors (Lipinski definition) is 17. The highest BCUT2D eigenvalue weighted by Crippen LogP contribution is 2.74. The topological polar surface area (TPSA) is 453 Å². The highest BCUT2D eigenvalue weighted by Gasteiger charge is 2.70. The summed E-state index contributed by atoms with van der Waals surface area (Å²) in [5.74, 6) is -1.14. The molecule has 1 spiro atoms. The van der Waals surface area contributed by atoms with Gasteiger partial charge in [-0.15, -0.1) is 0 Å². The average molecular weight is 1130 g/mol. The van der Waals surface area contributed by atoms with Crippen LogP contribution in [0.2, 0.25) is 0 Å². The molecule has 448 valence electrons. The Kier molecular flexibility index (Phi) is 18.2. The summed E-state index contributed by atoms with van der Waals surface area (Å²) in [5.41, 5.74) is -2.81. The van der Waals surface area contributed by atoms with Crippen molar-refractivity contribution in [2.24, 2.45) is 28.1 Å². The van der Waals surface area contributed by atoms with Crippen molar-refractivity contribution in [3.63, 3.8) is 0 Å². The van der Waals surface area contributed by atoms with E-state index in [0.717, 1.165) is 0 Å². The van der Waals surface area contributed by atoms with Gasteiger partial charge in [-0.2, -0.15) is 0 Å². The van der Waals surface area contributed by atoms with E-state index in [2.05, 4.69) is 13.5 Å². The molecule has 9 rings (SSSR count). The second-order valence-corrected chi connectivity index (χ2v) is 23.6. The maximum Gasteiger partial charge on any atom is 0.314 e. The van der Waals surface area contributed by atoms with E-state index >= 15 is 0 Å². The van der Waals surface area contributed by atoms with Gasteiger partial charge in [-0.25, -0.2) is 0 Å². The molecule has 5 heterocycles. The quantitative estimate of drug-likeness (QED) is 0.0411. The molecular weight excluding hydrogens is 1050 g/mol. The molecule has 9 fully saturated rings. The van der Waals surface area contributed by atoms with E-state index in [-0.39, 0.29) is 11.8 Å². The molecule has 2 bridgehead atoms. The largest absolute Gasteiger partial charge is 0.432 e. The van der Waals surface area contributed by atoms with Crippen molar-refractivity contribution in [2.75, 3.05) is 33.0 Å². The van der Waals surface area contributed by atoms with E-state index < -0.39 is 214 Å². The Labute approximate surface area is 448 Å². The zero-order valence-electron chi connectivity index (χ0n) is 43.3. The molecule has 0 aromatic heterocycles. The first-order chi connectivity index (χ1) is 36.9. The Morgan fingerprint density at radius 2 is 0.910 bits per heavy atom. The van der Waals surface area contributed by atoms with E-state index in [9.17, 15) is 91.6 Å². The molecule has 4 aliphatic carbocycles. The van der Waals surface area contributed by atoms with Crippen molar-refractivity contribution in [3.05, 3.63) is 12.2 Å². The number of fused-ring (bicyclic) bond motifs is 3.